The first-order valence-electron chi connectivity index (χ1n) is 11.5. The SMILES string of the molecule is COCCOc1cc2[nH]nc(-c3cc(-c4ccc(C(=O)N5CCOC[C@@H]5CO)cc4)no3)c2cc1F. The average molecular weight is 496 g/mol. The number of rotatable bonds is 8. The van der Waals surface area contributed by atoms with Crippen molar-refractivity contribution in [2.45, 2.75) is 6.04 Å². The Bertz CT molecular complexity index is 1350. The second-order valence-corrected chi connectivity index (χ2v) is 8.31. The Kier molecular flexibility index (Phi) is 6.94. The molecule has 1 amide bonds. The molecule has 0 radical (unpaired) electrons. The summed E-state index contributed by atoms with van der Waals surface area (Å²) in [5, 5.41) is 21.3. The second-order valence-electron chi connectivity index (χ2n) is 8.31. The lowest BCUT2D eigenvalue weighted by atomic mass is 10.1. The molecule has 36 heavy (non-hydrogen) atoms. The second kappa shape index (κ2) is 10.4. The largest absolute Gasteiger partial charge is 0.488 e. The maximum absolute atomic E-state index is 14.6. The Hall–Kier alpha value is -3.80. The highest BCUT2D eigenvalue weighted by Crippen LogP contribution is 2.33. The monoisotopic (exact) mass is 496 g/mol. The zero-order chi connectivity index (χ0) is 25.1. The van der Waals surface area contributed by atoms with Gasteiger partial charge in [0.2, 0.25) is 0 Å². The average Bonchev–Trinajstić information content (AvgIpc) is 3.56. The van der Waals surface area contributed by atoms with Crippen molar-refractivity contribution in [1.29, 1.82) is 0 Å². The number of benzene rings is 2. The van der Waals surface area contributed by atoms with Gasteiger partial charge in [0.15, 0.2) is 17.3 Å². The fraction of sp³-hybridized carbons (Fsp3) is 0.320. The third-order valence-electron chi connectivity index (χ3n) is 6.03. The number of morpholine rings is 1. The van der Waals surface area contributed by atoms with E-state index in [1.807, 2.05) is 0 Å². The van der Waals surface area contributed by atoms with Gasteiger partial charge in [-0.25, -0.2) is 4.39 Å². The molecule has 3 heterocycles. The highest BCUT2D eigenvalue weighted by Gasteiger charge is 2.27. The minimum absolute atomic E-state index is 0.102. The topological polar surface area (TPSA) is 123 Å². The number of H-pyrrole nitrogens is 1. The van der Waals surface area contributed by atoms with E-state index in [4.69, 9.17) is 18.7 Å². The van der Waals surface area contributed by atoms with Gasteiger partial charge < -0.3 is 28.7 Å². The van der Waals surface area contributed by atoms with Crippen LogP contribution < -0.4 is 4.74 Å². The number of aromatic amines is 1. The number of nitrogens with one attached hydrogen (secondary N) is 1. The van der Waals surface area contributed by atoms with Gasteiger partial charge in [-0.3, -0.25) is 9.89 Å². The summed E-state index contributed by atoms with van der Waals surface area (Å²) >= 11 is 0. The molecule has 1 fully saturated rings. The van der Waals surface area contributed by atoms with Gasteiger partial charge in [-0.15, -0.1) is 0 Å². The third-order valence-corrected chi connectivity index (χ3v) is 6.03. The first kappa shape index (κ1) is 23.9. The summed E-state index contributed by atoms with van der Waals surface area (Å²) in [5.74, 6) is -0.224. The summed E-state index contributed by atoms with van der Waals surface area (Å²) in [4.78, 5) is 14.5. The van der Waals surface area contributed by atoms with Crippen molar-refractivity contribution in [3.05, 3.63) is 53.8 Å². The van der Waals surface area contributed by atoms with Gasteiger partial charge in [-0.2, -0.15) is 5.10 Å². The zero-order valence-electron chi connectivity index (χ0n) is 19.6. The lowest BCUT2D eigenvalue weighted by Crippen LogP contribution is -2.50. The Labute approximate surface area is 205 Å². The van der Waals surface area contributed by atoms with Crippen molar-refractivity contribution >= 4 is 16.8 Å². The van der Waals surface area contributed by atoms with Crippen molar-refractivity contribution in [3.63, 3.8) is 0 Å². The molecule has 2 N–H and O–H groups in total. The lowest BCUT2D eigenvalue weighted by Gasteiger charge is -2.34. The summed E-state index contributed by atoms with van der Waals surface area (Å²) < 4.78 is 35.8. The van der Waals surface area contributed by atoms with Crippen molar-refractivity contribution in [3.8, 4) is 28.5 Å². The van der Waals surface area contributed by atoms with E-state index in [2.05, 4.69) is 15.4 Å². The standard InChI is InChI=1S/C25H25FN4O6/c1-33-8-9-35-22-12-21-18(10-19(22)26)24(28-27-21)23-11-20(29-36-23)15-2-4-16(5-3-15)25(32)30-6-7-34-14-17(30)13-31/h2-5,10-12,17,31H,6-9,13-14H2,1H3,(H,27,28)/t17-/m0/s1. The van der Waals surface area contributed by atoms with E-state index in [-0.39, 0.29) is 30.9 Å². The van der Waals surface area contributed by atoms with Crippen molar-refractivity contribution < 1.29 is 33.0 Å². The molecule has 0 saturated carbocycles. The van der Waals surface area contributed by atoms with Crippen molar-refractivity contribution in [1.82, 2.24) is 20.3 Å². The van der Waals surface area contributed by atoms with Gasteiger partial charge in [0, 0.05) is 42.3 Å². The maximum Gasteiger partial charge on any atom is 0.254 e. The number of aliphatic hydroxyl groups is 1. The highest BCUT2D eigenvalue weighted by molar-refractivity contribution is 5.95. The number of aliphatic hydroxyl groups excluding tert-OH is 1. The molecule has 5 rings (SSSR count). The number of nitrogens with zero attached hydrogens (tertiary/aromatic N) is 3. The Morgan fingerprint density at radius 3 is 2.86 bits per heavy atom. The number of carbonyl (C=O) groups excluding carboxylic acids is 1. The maximum atomic E-state index is 14.6. The number of aromatic nitrogens is 3. The molecule has 10 nitrogen and oxygen atoms in total. The third kappa shape index (κ3) is 4.68. The predicted octanol–water partition coefficient (Wildman–Crippen LogP) is 2.88. The van der Waals surface area contributed by atoms with Gasteiger partial charge >= 0.3 is 0 Å². The minimum Gasteiger partial charge on any atom is -0.488 e. The normalized spacial score (nSPS) is 16.0. The highest BCUT2D eigenvalue weighted by atomic mass is 19.1. The number of fused-ring (bicyclic) bond motifs is 1. The molecular weight excluding hydrogens is 471 g/mol. The minimum atomic E-state index is -0.523. The fourth-order valence-electron chi connectivity index (χ4n) is 4.10. The van der Waals surface area contributed by atoms with Crippen LogP contribution in [-0.4, -0.2) is 84.0 Å². The number of methoxy groups -OCH3 is 1. The van der Waals surface area contributed by atoms with Crippen LogP contribution in [0.25, 0.3) is 33.6 Å². The van der Waals surface area contributed by atoms with Crippen LogP contribution in [0.1, 0.15) is 10.4 Å². The van der Waals surface area contributed by atoms with Crippen LogP contribution in [0.5, 0.6) is 5.75 Å². The van der Waals surface area contributed by atoms with Gasteiger partial charge in [0.05, 0.1) is 38.0 Å². The number of ether oxygens (including phenoxy) is 3. The number of halogens is 1. The first-order chi connectivity index (χ1) is 17.6. The number of amides is 1. The van der Waals surface area contributed by atoms with Gasteiger partial charge in [-0.05, 0) is 18.2 Å². The zero-order valence-corrected chi connectivity index (χ0v) is 19.6. The van der Waals surface area contributed by atoms with E-state index >= 15 is 0 Å². The molecule has 2 aromatic heterocycles. The molecule has 1 aliphatic rings. The molecule has 0 spiro atoms. The molecule has 1 saturated heterocycles. The van der Waals surface area contributed by atoms with Gasteiger partial charge in [0.1, 0.15) is 18.0 Å². The fourth-order valence-corrected chi connectivity index (χ4v) is 4.10. The Balaban J connectivity index is 1.35. The summed E-state index contributed by atoms with van der Waals surface area (Å²) in [5.41, 5.74) is 2.78. The van der Waals surface area contributed by atoms with Crippen LogP contribution in [0.2, 0.25) is 0 Å². The smallest absolute Gasteiger partial charge is 0.254 e. The number of hydrogen-bond acceptors (Lipinski definition) is 8. The van der Waals surface area contributed by atoms with Crippen LogP contribution in [-0.2, 0) is 9.47 Å². The number of carbonyl (C=O) groups is 1. The van der Waals surface area contributed by atoms with E-state index in [1.165, 1.54) is 6.07 Å². The summed E-state index contributed by atoms with van der Waals surface area (Å²) in [6.45, 7) is 1.60. The Morgan fingerprint density at radius 1 is 1.25 bits per heavy atom. The molecule has 188 valence electrons. The van der Waals surface area contributed by atoms with Crippen LogP contribution in [0.15, 0.2) is 47.0 Å². The molecule has 2 aromatic carbocycles. The van der Waals surface area contributed by atoms with Crippen molar-refractivity contribution in [2.75, 3.05) is 46.7 Å². The predicted molar refractivity (Wildman–Crippen MR) is 127 cm³/mol. The summed E-state index contributed by atoms with van der Waals surface area (Å²) in [6, 6.07) is 11.2. The van der Waals surface area contributed by atoms with Crippen LogP contribution in [0.3, 0.4) is 0 Å². The number of hydrogen-bond donors (Lipinski definition) is 2. The van der Waals surface area contributed by atoms with Crippen LogP contribution in [0.4, 0.5) is 4.39 Å². The quantitative estimate of drug-likeness (QED) is 0.357. The van der Waals surface area contributed by atoms with Crippen molar-refractivity contribution in [2.24, 2.45) is 0 Å². The molecule has 1 atom stereocenters. The van der Waals surface area contributed by atoms with Crippen LogP contribution >= 0.6 is 0 Å². The van der Waals surface area contributed by atoms with Gasteiger partial charge in [-0.1, -0.05) is 17.3 Å². The molecule has 0 aliphatic carbocycles. The molecule has 11 heteroatoms. The van der Waals surface area contributed by atoms with E-state index in [0.717, 1.165) is 5.56 Å². The molecule has 0 unspecified atom stereocenters. The summed E-state index contributed by atoms with van der Waals surface area (Å²) in [7, 11) is 1.54. The molecule has 4 aromatic rings. The molecular formula is C25H25FN4O6. The summed E-state index contributed by atoms with van der Waals surface area (Å²) in [6.07, 6.45) is 0. The first-order valence-corrected chi connectivity index (χ1v) is 11.5. The lowest BCUT2D eigenvalue weighted by molar-refractivity contribution is -0.0183. The van der Waals surface area contributed by atoms with E-state index in [9.17, 15) is 14.3 Å². The van der Waals surface area contributed by atoms with Gasteiger partial charge in [0.25, 0.3) is 5.91 Å². The Morgan fingerprint density at radius 2 is 2.08 bits per heavy atom. The van der Waals surface area contributed by atoms with E-state index < -0.39 is 5.82 Å². The molecule has 1 aliphatic heterocycles. The van der Waals surface area contributed by atoms with E-state index in [0.29, 0.717) is 60.0 Å². The van der Waals surface area contributed by atoms with Crippen LogP contribution in [0, 0.1) is 5.82 Å². The molecule has 0 bridgehead atoms. The van der Waals surface area contributed by atoms with E-state index in [1.54, 1.807) is 48.4 Å².